The third-order valence-corrected chi connectivity index (χ3v) is 6.60. The number of aliphatic imine (C=N–C) groups is 1. The number of benzene rings is 1. The molecule has 5 nitrogen and oxygen atoms in total. The van der Waals surface area contributed by atoms with Gasteiger partial charge in [0, 0.05) is 22.8 Å². The van der Waals surface area contributed by atoms with Crippen molar-refractivity contribution in [3.63, 3.8) is 0 Å². The second kappa shape index (κ2) is 9.68. The molecule has 0 saturated carbocycles. The number of rotatable bonds is 8. The molecule has 0 aliphatic rings. The first kappa shape index (κ1) is 20.4. The Morgan fingerprint density at radius 1 is 1.12 bits per heavy atom. The number of aryl methyl sites for hydroxylation is 1. The van der Waals surface area contributed by atoms with Gasteiger partial charge in [0.15, 0.2) is 15.8 Å². The maximum atomic E-state index is 13.7. The number of halogens is 1. The van der Waals surface area contributed by atoms with Crippen LogP contribution in [0.5, 0.6) is 0 Å². The summed E-state index contributed by atoms with van der Waals surface area (Å²) in [6.45, 7) is 5.39. The minimum atomic E-state index is -3.69. The van der Waals surface area contributed by atoms with Crippen LogP contribution in [0.1, 0.15) is 23.6 Å². The maximum absolute atomic E-state index is 13.7. The summed E-state index contributed by atoms with van der Waals surface area (Å²) in [5.41, 5.74) is 0. The topological polar surface area (TPSA) is 70.6 Å². The lowest BCUT2D eigenvalue weighted by molar-refractivity contribution is 0.566. The number of hydrogen-bond donors (Lipinski definition) is 2. The fraction of sp³-hybridized carbons (Fsp3) is 0.389. The molecular formula is C18H24FN3O2S2. The molecule has 0 aliphatic carbocycles. The Bertz CT molecular complexity index is 848. The fourth-order valence-corrected chi connectivity index (χ4v) is 4.43. The molecule has 1 aromatic carbocycles. The van der Waals surface area contributed by atoms with Gasteiger partial charge >= 0.3 is 0 Å². The molecule has 1 aromatic heterocycles. The van der Waals surface area contributed by atoms with Gasteiger partial charge < -0.3 is 10.6 Å². The number of nitrogens with one attached hydrogen (secondary N) is 2. The number of nitrogens with zero attached hydrogens (tertiary/aromatic N) is 1. The van der Waals surface area contributed by atoms with Gasteiger partial charge in [0.1, 0.15) is 10.7 Å². The van der Waals surface area contributed by atoms with Crippen molar-refractivity contribution in [3.8, 4) is 0 Å². The summed E-state index contributed by atoms with van der Waals surface area (Å²) in [5.74, 6) is -0.391. The summed E-state index contributed by atoms with van der Waals surface area (Å²) in [6.07, 6.45) is 1.00. The van der Waals surface area contributed by atoms with Crippen molar-refractivity contribution in [2.24, 2.45) is 4.99 Å². The predicted molar refractivity (Wildman–Crippen MR) is 105 cm³/mol. The van der Waals surface area contributed by atoms with Gasteiger partial charge in [-0.3, -0.25) is 0 Å². The van der Waals surface area contributed by atoms with E-state index >= 15 is 0 Å². The minimum absolute atomic E-state index is 0.146. The fourth-order valence-electron chi connectivity index (χ4n) is 2.31. The molecule has 142 valence electrons. The molecule has 2 aromatic rings. The Morgan fingerprint density at radius 3 is 2.50 bits per heavy atom. The van der Waals surface area contributed by atoms with Crippen molar-refractivity contribution in [1.82, 2.24) is 10.6 Å². The first-order valence-corrected chi connectivity index (χ1v) is 11.0. The smallest absolute Gasteiger partial charge is 0.191 e. The Hall–Kier alpha value is -1.93. The molecule has 0 atom stereocenters. The molecule has 0 bridgehead atoms. The molecule has 0 spiro atoms. The average molecular weight is 398 g/mol. The van der Waals surface area contributed by atoms with E-state index < -0.39 is 15.7 Å². The highest BCUT2D eigenvalue weighted by molar-refractivity contribution is 7.91. The second-order valence-electron chi connectivity index (χ2n) is 5.59. The highest BCUT2D eigenvalue weighted by atomic mass is 32.2. The molecule has 8 heteroatoms. The van der Waals surface area contributed by atoms with Crippen LogP contribution in [0.4, 0.5) is 4.39 Å². The minimum Gasteiger partial charge on any atom is -0.357 e. The van der Waals surface area contributed by atoms with Gasteiger partial charge in [-0.05, 0) is 37.6 Å². The number of hydrogen-bond acceptors (Lipinski definition) is 4. The summed E-state index contributed by atoms with van der Waals surface area (Å²) in [7, 11) is -3.69. The Kier molecular flexibility index (Phi) is 7.59. The summed E-state index contributed by atoms with van der Waals surface area (Å²) in [4.78, 5) is 6.67. The lowest BCUT2D eigenvalue weighted by Crippen LogP contribution is -2.39. The standard InChI is InChI=1S/C18H24FN3O2S2/c1-3-14-9-10-15(25-14)13-22-18(20-4-2)21-11-12-26(23,24)17-8-6-5-7-16(17)19/h5-10H,3-4,11-13H2,1-2H3,(H2,20,21,22). The molecular weight excluding hydrogens is 373 g/mol. The van der Waals surface area contributed by atoms with Gasteiger partial charge in [-0.25, -0.2) is 17.8 Å². The molecule has 2 rings (SSSR count). The van der Waals surface area contributed by atoms with E-state index in [0.717, 1.165) is 17.4 Å². The average Bonchev–Trinajstić information content (AvgIpc) is 3.08. The molecule has 0 unspecified atom stereocenters. The van der Waals surface area contributed by atoms with Gasteiger partial charge in [0.25, 0.3) is 0 Å². The van der Waals surface area contributed by atoms with Gasteiger partial charge in [-0.2, -0.15) is 0 Å². The zero-order chi connectivity index (χ0) is 19.0. The maximum Gasteiger partial charge on any atom is 0.191 e. The molecule has 0 saturated heterocycles. The van der Waals surface area contributed by atoms with Crippen LogP contribution in [0.3, 0.4) is 0 Å². The molecule has 0 fully saturated rings. The molecule has 0 radical (unpaired) electrons. The Balaban J connectivity index is 1.95. The van der Waals surface area contributed by atoms with E-state index in [1.165, 1.54) is 23.1 Å². The highest BCUT2D eigenvalue weighted by Crippen LogP contribution is 2.17. The van der Waals surface area contributed by atoms with E-state index in [2.05, 4.69) is 34.7 Å². The Labute approximate surface area is 158 Å². The zero-order valence-electron chi connectivity index (χ0n) is 15.0. The number of sulfone groups is 1. The van der Waals surface area contributed by atoms with Crippen molar-refractivity contribution >= 4 is 27.1 Å². The number of guanidine groups is 1. The molecule has 0 aliphatic heterocycles. The van der Waals surface area contributed by atoms with Crippen molar-refractivity contribution in [1.29, 1.82) is 0 Å². The second-order valence-corrected chi connectivity index (χ2v) is 8.92. The van der Waals surface area contributed by atoms with Crippen LogP contribution in [0.2, 0.25) is 0 Å². The van der Waals surface area contributed by atoms with Gasteiger partial charge in [-0.1, -0.05) is 19.1 Å². The largest absolute Gasteiger partial charge is 0.357 e. The third kappa shape index (κ3) is 5.81. The van der Waals surface area contributed by atoms with Crippen molar-refractivity contribution < 1.29 is 12.8 Å². The molecule has 26 heavy (non-hydrogen) atoms. The van der Waals surface area contributed by atoms with E-state index in [0.29, 0.717) is 19.0 Å². The van der Waals surface area contributed by atoms with Crippen LogP contribution < -0.4 is 10.6 Å². The summed E-state index contributed by atoms with van der Waals surface area (Å²) < 4.78 is 38.2. The lowest BCUT2D eigenvalue weighted by Gasteiger charge is -2.11. The highest BCUT2D eigenvalue weighted by Gasteiger charge is 2.18. The van der Waals surface area contributed by atoms with Crippen LogP contribution in [-0.4, -0.2) is 33.2 Å². The Morgan fingerprint density at radius 2 is 1.85 bits per heavy atom. The van der Waals surface area contributed by atoms with Crippen LogP contribution in [0, 0.1) is 5.82 Å². The summed E-state index contributed by atoms with van der Waals surface area (Å²) >= 11 is 1.72. The third-order valence-electron chi connectivity index (χ3n) is 3.64. The van der Waals surface area contributed by atoms with Crippen molar-refractivity contribution in [2.75, 3.05) is 18.8 Å². The first-order valence-electron chi connectivity index (χ1n) is 8.53. The SMILES string of the molecule is CCNC(=NCc1ccc(CC)s1)NCCS(=O)(=O)c1ccccc1F. The van der Waals surface area contributed by atoms with E-state index in [1.807, 2.05) is 6.92 Å². The van der Waals surface area contributed by atoms with E-state index in [9.17, 15) is 12.8 Å². The molecule has 1 heterocycles. The van der Waals surface area contributed by atoms with Crippen molar-refractivity contribution in [3.05, 3.63) is 52.0 Å². The van der Waals surface area contributed by atoms with Crippen LogP contribution in [0.25, 0.3) is 0 Å². The van der Waals surface area contributed by atoms with E-state index in [1.54, 1.807) is 11.3 Å². The van der Waals surface area contributed by atoms with Crippen LogP contribution in [0.15, 0.2) is 46.3 Å². The summed E-state index contributed by atoms with van der Waals surface area (Å²) in [6, 6.07) is 9.57. The van der Waals surface area contributed by atoms with Crippen LogP contribution >= 0.6 is 11.3 Å². The predicted octanol–water partition coefficient (Wildman–Crippen LogP) is 2.98. The van der Waals surface area contributed by atoms with Crippen molar-refractivity contribution in [2.45, 2.75) is 31.7 Å². The van der Waals surface area contributed by atoms with Gasteiger partial charge in [0.2, 0.25) is 0 Å². The quantitative estimate of drug-likeness (QED) is 0.531. The van der Waals surface area contributed by atoms with Gasteiger partial charge in [-0.15, -0.1) is 11.3 Å². The van der Waals surface area contributed by atoms with E-state index in [4.69, 9.17) is 0 Å². The zero-order valence-corrected chi connectivity index (χ0v) is 16.6. The van der Waals surface area contributed by atoms with E-state index in [-0.39, 0.29) is 17.2 Å². The van der Waals surface area contributed by atoms with Gasteiger partial charge in [0.05, 0.1) is 12.3 Å². The summed E-state index contributed by atoms with van der Waals surface area (Å²) in [5, 5.41) is 6.08. The number of thiophene rings is 1. The molecule has 0 amide bonds. The first-order chi connectivity index (χ1) is 12.5. The normalized spacial score (nSPS) is 12.2. The monoisotopic (exact) mass is 397 g/mol. The lowest BCUT2D eigenvalue weighted by atomic mass is 10.3. The molecule has 2 N–H and O–H groups in total. The van der Waals surface area contributed by atoms with Crippen LogP contribution in [-0.2, 0) is 22.8 Å².